The molecule has 0 fully saturated rings. The molecule has 0 aliphatic carbocycles. The van der Waals surface area contributed by atoms with Crippen LogP contribution in [0.15, 0.2) is 21.6 Å². The van der Waals surface area contributed by atoms with E-state index in [0.717, 1.165) is 38.2 Å². The summed E-state index contributed by atoms with van der Waals surface area (Å²) in [6.45, 7) is 7.16. The molecule has 0 spiro atoms. The standard InChI is InChI=1S/C15H20N2OS2/c1-3-13-12-5-9-19-14(12)4-6-16(13)7-8-17-11(2)10-20-15(17)18/h5,9-10,13H,3-4,6-8H2,1-2H3. The van der Waals surface area contributed by atoms with Crippen molar-refractivity contribution in [3.63, 3.8) is 0 Å². The minimum absolute atomic E-state index is 0.170. The van der Waals surface area contributed by atoms with Gasteiger partial charge in [-0.3, -0.25) is 9.69 Å². The molecule has 0 aromatic carbocycles. The molecule has 3 rings (SSSR count). The normalized spacial score (nSPS) is 19.2. The van der Waals surface area contributed by atoms with E-state index in [0.29, 0.717) is 6.04 Å². The van der Waals surface area contributed by atoms with Crippen LogP contribution in [-0.4, -0.2) is 22.6 Å². The zero-order valence-electron chi connectivity index (χ0n) is 12.0. The molecule has 1 atom stereocenters. The van der Waals surface area contributed by atoms with E-state index < -0.39 is 0 Å². The highest BCUT2D eigenvalue weighted by Crippen LogP contribution is 2.34. The van der Waals surface area contributed by atoms with Gasteiger partial charge < -0.3 is 4.57 Å². The summed E-state index contributed by atoms with van der Waals surface area (Å²) in [4.78, 5) is 16.0. The van der Waals surface area contributed by atoms with Crippen molar-refractivity contribution in [3.05, 3.63) is 42.6 Å². The number of fused-ring (bicyclic) bond motifs is 1. The van der Waals surface area contributed by atoms with Crippen LogP contribution in [-0.2, 0) is 13.0 Å². The van der Waals surface area contributed by atoms with Crippen LogP contribution in [0.4, 0.5) is 0 Å². The molecule has 3 nitrogen and oxygen atoms in total. The third-order valence-corrected chi connectivity index (χ3v) is 6.06. The molecule has 1 aliphatic rings. The first-order valence-corrected chi connectivity index (χ1v) is 8.92. The number of aryl methyl sites for hydroxylation is 1. The molecule has 1 unspecified atom stereocenters. The Bertz CT molecular complexity index is 640. The Kier molecular flexibility index (Phi) is 4.10. The maximum atomic E-state index is 11.8. The molecule has 0 amide bonds. The van der Waals surface area contributed by atoms with Gasteiger partial charge >= 0.3 is 4.87 Å². The van der Waals surface area contributed by atoms with Crippen molar-refractivity contribution in [2.75, 3.05) is 13.1 Å². The maximum absolute atomic E-state index is 11.8. The van der Waals surface area contributed by atoms with Crippen molar-refractivity contribution in [3.8, 4) is 0 Å². The molecule has 108 valence electrons. The van der Waals surface area contributed by atoms with Crippen molar-refractivity contribution in [2.45, 2.75) is 39.3 Å². The first kappa shape index (κ1) is 14.0. The van der Waals surface area contributed by atoms with Crippen molar-refractivity contribution in [1.29, 1.82) is 0 Å². The van der Waals surface area contributed by atoms with Gasteiger partial charge in [-0.15, -0.1) is 11.3 Å². The van der Waals surface area contributed by atoms with Crippen molar-refractivity contribution < 1.29 is 0 Å². The van der Waals surface area contributed by atoms with Gasteiger partial charge in [-0.05, 0) is 36.8 Å². The SMILES string of the molecule is CCC1c2ccsc2CCN1CCn1c(C)csc1=O. The molecule has 0 radical (unpaired) electrons. The largest absolute Gasteiger partial charge is 0.307 e. The number of hydrogen-bond acceptors (Lipinski definition) is 4. The van der Waals surface area contributed by atoms with Crippen LogP contribution >= 0.6 is 22.7 Å². The van der Waals surface area contributed by atoms with E-state index in [-0.39, 0.29) is 4.87 Å². The van der Waals surface area contributed by atoms with E-state index >= 15 is 0 Å². The summed E-state index contributed by atoms with van der Waals surface area (Å²) in [5.74, 6) is 0. The summed E-state index contributed by atoms with van der Waals surface area (Å²) >= 11 is 3.19. The number of hydrogen-bond donors (Lipinski definition) is 0. The quantitative estimate of drug-likeness (QED) is 0.866. The van der Waals surface area contributed by atoms with E-state index in [1.165, 1.54) is 16.9 Å². The molecule has 0 N–H and O–H groups in total. The van der Waals surface area contributed by atoms with E-state index in [4.69, 9.17) is 0 Å². The molecule has 0 saturated heterocycles. The van der Waals surface area contributed by atoms with Crippen LogP contribution < -0.4 is 4.87 Å². The zero-order chi connectivity index (χ0) is 14.1. The first-order chi connectivity index (χ1) is 9.70. The first-order valence-electron chi connectivity index (χ1n) is 7.16. The van der Waals surface area contributed by atoms with Crippen LogP contribution in [0.2, 0.25) is 0 Å². The Balaban J connectivity index is 1.74. The summed E-state index contributed by atoms with van der Waals surface area (Å²) in [5, 5.41) is 4.16. The molecule has 1 aliphatic heterocycles. The molecule has 20 heavy (non-hydrogen) atoms. The van der Waals surface area contributed by atoms with Gasteiger partial charge in [0, 0.05) is 41.6 Å². The lowest BCUT2D eigenvalue weighted by Gasteiger charge is -2.35. The second-order valence-electron chi connectivity index (χ2n) is 5.30. The fraction of sp³-hybridized carbons (Fsp3) is 0.533. The molecule has 2 aromatic heterocycles. The Hall–Kier alpha value is -0.910. The van der Waals surface area contributed by atoms with Gasteiger partial charge in [0.15, 0.2) is 0 Å². The average molecular weight is 308 g/mol. The Morgan fingerprint density at radius 1 is 1.35 bits per heavy atom. The monoisotopic (exact) mass is 308 g/mol. The van der Waals surface area contributed by atoms with Gasteiger partial charge in [-0.1, -0.05) is 18.3 Å². The minimum atomic E-state index is 0.170. The predicted octanol–water partition coefficient (Wildman–Crippen LogP) is 3.29. The molecular formula is C15H20N2OS2. The highest BCUT2D eigenvalue weighted by molar-refractivity contribution is 7.10. The van der Waals surface area contributed by atoms with E-state index in [9.17, 15) is 4.79 Å². The van der Waals surface area contributed by atoms with Crippen molar-refractivity contribution in [1.82, 2.24) is 9.47 Å². The van der Waals surface area contributed by atoms with Crippen molar-refractivity contribution in [2.24, 2.45) is 0 Å². The summed E-state index contributed by atoms with van der Waals surface area (Å²) in [5.41, 5.74) is 2.60. The second kappa shape index (κ2) is 5.84. The Morgan fingerprint density at radius 2 is 2.20 bits per heavy atom. The Morgan fingerprint density at radius 3 is 2.90 bits per heavy atom. The van der Waals surface area contributed by atoms with Gasteiger partial charge in [-0.25, -0.2) is 0 Å². The summed E-state index contributed by atoms with van der Waals surface area (Å²) in [6, 6.07) is 2.81. The highest BCUT2D eigenvalue weighted by Gasteiger charge is 2.26. The molecule has 0 saturated carbocycles. The smallest absolute Gasteiger partial charge is 0.302 e. The Labute approximate surface area is 127 Å². The molecule has 0 bridgehead atoms. The predicted molar refractivity (Wildman–Crippen MR) is 85.9 cm³/mol. The van der Waals surface area contributed by atoms with Gasteiger partial charge in [0.05, 0.1) is 0 Å². The zero-order valence-corrected chi connectivity index (χ0v) is 13.6. The fourth-order valence-electron chi connectivity index (χ4n) is 3.10. The number of rotatable bonds is 4. The topological polar surface area (TPSA) is 25.2 Å². The van der Waals surface area contributed by atoms with E-state index in [1.807, 2.05) is 28.2 Å². The van der Waals surface area contributed by atoms with Crippen molar-refractivity contribution >= 4 is 22.7 Å². The lowest BCUT2D eigenvalue weighted by molar-refractivity contribution is 0.174. The van der Waals surface area contributed by atoms with Gasteiger partial charge in [0.1, 0.15) is 0 Å². The number of nitrogens with zero attached hydrogens (tertiary/aromatic N) is 2. The lowest BCUT2D eigenvalue weighted by atomic mass is 9.98. The van der Waals surface area contributed by atoms with Gasteiger partial charge in [0.25, 0.3) is 0 Å². The van der Waals surface area contributed by atoms with Gasteiger partial charge in [0.2, 0.25) is 0 Å². The number of thiophene rings is 1. The van der Waals surface area contributed by atoms with E-state index in [1.54, 1.807) is 4.88 Å². The molecular weight excluding hydrogens is 288 g/mol. The minimum Gasteiger partial charge on any atom is -0.302 e. The third kappa shape index (κ3) is 2.50. The molecule has 5 heteroatoms. The fourth-order valence-corrected chi connectivity index (χ4v) is 4.79. The second-order valence-corrected chi connectivity index (χ2v) is 7.13. The van der Waals surface area contributed by atoms with E-state index in [2.05, 4.69) is 23.3 Å². The molecule has 2 aromatic rings. The molecule has 3 heterocycles. The summed E-state index contributed by atoms with van der Waals surface area (Å²) in [7, 11) is 0. The van der Waals surface area contributed by atoms with Crippen LogP contribution in [0, 0.1) is 6.92 Å². The average Bonchev–Trinajstić information content (AvgIpc) is 3.04. The van der Waals surface area contributed by atoms with Gasteiger partial charge in [-0.2, -0.15) is 0 Å². The summed E-state index contributed by atoms with van der Waals surface area (Å²) in [6.07, 6.45) is 2.29. The van der Waals surface area contributed by atoms with Crippen LogP contribution in [0.5, 0.6) is 0 Å². The maximum Gasteiger partial charge on any atom is 0.307 e. The van der Waals surface area contributed by atoms with Crippen LogP contribution in [0.1, 0.15) is 35.5 Å². The highest BCUT2D eigenvalue weighted by atomic mass is 32.1. The number of aromatic nitrogens is 1. The van der Waals surface area contributed by atoms with Crippen LogP contribution in [0.25, 0.3) is 0 Å². The third-order valence-electron chi connectivity index (χ3n) is 4.18. The van der Waals surface area contributed by atoms with Crippen LogP contribution in [0.3, 0.4) is 0 Å². The number of thiazole rings is 1. The summed E-state index contributed by atoms with van der Waals surface area (Å²) < 4.78 is 1.90. The lowest BCUT2D eigenvalue weighted by Crippen LogP contribution is -2.37.